The third kappa shape index (κ3) is 6.45. The van der Waals surface area contributed by atoms with Crippen LogP contribution in [0.2, 0.25) is 0 Å². The summed E-state index contributed by atoms with van der Waals surface area (Å²) in [6.07, 6.45) is 6.06. The molecule has 6 nitrogen and oxygen atoms in total. The van der Waals surface area contributed by atoms with Crippen molar-refractivity contribution in [2.24, 2.45) is 0 Å². The third-order valence-corrected chi connectivity index (χ3v) is 8.05. The summed E-state index contributed by atoms with van der Waals surface area (Å²) in [7, 11) is 0. The number of benzene rings is 4. The fourth-order valence-electron chi connectivity index (χ4n) is 5.82. The molecule has 0 atom stereocenters. The van der Waals surface area contributed by atoms with E-state index in [1.807, 2.05) is 67.7 Å². The minimum atomic E-state index is -0.969. The standard InChI is InChI=1S/C38H36N2O4/c1-26-25-39-35(44-22-8-7-14-27-12-3-2-4-13-27)24-33(26)32-19-10-18-30-31(37(38(41)42)40-36(30)32)20-11-23-43-34-21-9-16-28-15-5-6-17-29(28)34/h2-6,9-10,12-13,15-19,21,24-25,40H,7-8,11,14,20,22-23H2,1H3,(H,41,42). The number of fused-ring (bicyclic) bond motifs is 2. The summed E-state index contributed by atoms with van der Waals surface area (Å²) >= 11 is 0. The zero-order valence-corrected chi connectivity index (χ0v) is 24.9. The second-order valence-corrected chi connectivity index (χ2v) is 11.1. The van der Waals surface area contributed by atoms with Crippen molar-refractivity contribution >= 4 is 27.6 Å². The number of nitrogens with one attached hydrogen (secondary N) is 1. The smallest absolute Gasteiger partial charge is 0.352 e. The highest BCUT2D eigenvalue weighted by molar-refractivity contribution is 6.03. The molecule has 0 bridgehead atoms. The Balaban J connectivity index is 1.17. The quantitative estimate of drug-likeness (QED) is 0.133. The van der Waals surface area contributed by atoms with Crippen molar-refractivity contribution in [2.45, 2.75) is 39.0 Å². The molecule has 2 N–H and O–H groups in total. The van der Waals surface area contributed by atoms with Gasteiger partial charge in [0, 0.05) is 28.6 Å². The topological polar surface area (TPSA) is 84.4 Å². The van der Waals surface area contributed by atoms with E-state index in [2.05, 4.69) is 52.4 Å². The summed E-state index contributed by atoms with van der Waals surface area (Å²) in [6.45, 7) is 3.08. The maximum Gasteiger partial charge on any atom is 0.352 e. The van der Waals surface area contributed by atoms with E-state index in [0.717, 1.165) is 68.9 Å². The Bertz CT molecular complexity index is 1890. The summed E-state index contributed by atoms with van der Waals surface area (Å²) in [5, 5.41) is 13.2. The summed E-state index contributed by atoms with van der Waals surface area (Å²) in [5.74, 6) is 0.436. The average Bonchev–Trinajstić information content (AvgIpc) is 3.43. The van der Waals surface area contributed by atoms with E-state index in [4.69, 9.17) is 9.47 Å². The molecule has 6 heteroatoms. The average molecular weight is 585 g/mol. The van der Waals surface area contributed by atoms with Crippen molar-refractivity contribution in [3.8, 4) is 22.8 Å². The summed E-state index contributed by atoms with van der Waals surface area (Å²) < 4.78 is 12.2. The lowest BCUT2D eigenvalue weighted by Gasteiger charge is -2.11. The Morgan fingerprint density at radius 1 is 0.773 bits per heavy atom. The lowest BCUT2D eigenvalue weighted by molar-refractivity contribution is 0.0690. The van der Waals surface area contributed by atoms with Crippen molar-refractivity contribution in [1.82, 2.24) is 9.97 Å². The molecule has 0 unspecified atom stereocenters. The molecule has 0 fully saturated rings. The second kappa shape index (κ2) is 13.5. The molecule has 6 rings (SSSR count). The van der Waals surface area contributed by atoms with Crippen molar-refractivity contribution < 1.29 is 19.4 Å². The first-order valence-corrected chi connectivity index (χ1v) is 15.2. The number of aromatic amines is 1. The molecule has 2 aromatic heterocycles. The molecule has 222 valence electrons. The van der Waals surface area contributed by atoms with Gasteiger partial charge in [-0.1, -0.05) is 84.9 Å². The van der Waals surface area contributed by atoms with E-state index in [-0.39, 0.29) is 5.69 Å². The van der Waals surface area contributed by atoms with Crippen LogP contribution in [-0.2, 0) is 12.8 Å². The summed E-state index contributed by atoms with van der Waals surface area (Å²) in [5.41, 5.74) is 6.03. The normalized spacial score (nSPS) is 11.2. The Morgan fingerprint density at radius 3 is 2.39 bits per heavy atom. The van der Waals surface area contributed by atoms with Crippen molar-refractivity contribution in [3.05, 3.63) is 126 Å². The molecule has 0 saturated carbocycles. The summed E-state index contributed by atoms with van der Waals surface area (Å²) in [6, 6.07) is 32.6. The van der Waals surface area contributed by atoms with Gasteiger partial charge >= 0.3 is 5.97 Å². The SMILES string of the molecule is Cc1cnc(OCCCCc2ccccc2)cc1-c1cccc2c(CCCOc3cccc4ccccc34)c(C(=O)O)[nH]c12. The molecule has 0 aliphatic carbocycles. The van der Waals surface area contributed by atoms with E-state index in [0.29, 0.717) is 31.9 Å². The Morgan fingerprint density at radius 2 is 1.52 bits per heavy atom. The molecule has 0 saturated heterocycles. The number of aromatic carboxylic acids is 1. The minimum Gasteiger partial charge on any atom is -0.493 e. The number of aromatic nitrogens is 2. The number of hydrogen-bond acceptors (Lipinski definition) is 4. The van der Waals surface area contributed by atoms with E-state index < -0.39 is 5.97 Å². The maximum absolute atomic E-state index is 12.3. The highest BCUT2D eigenvalue weighted by atomic mass is 16.5. The van der Waals surface area contributed by atoms with Gasteiger partial charge < -0.3 is 19.6 Å². The Kier molecular flexibility index (Phi) is 8.87. The number of para-hydroxylation sites is 1. The van der Waals surface area contributed by atoms with E-state index in [1.54, 1.807) is 0 Å². The summed E-state index contributed by atoms with van der Waals surface area (Å²) in [4.78, 5) is 20.1. The number of carboxylic acid groups (broad SMARTS) is 1. The number of carboxylic acids is 1. The molecule has 6 aromatic rings. The Labute approximate surface area is 257 Å². The van der Waals surface area contributed by atoms with Gasteiger partial charge in [-0.05, 0) is 72.7 Å². The number of ether oxygens (including phenoxy) is 2. The van der Waals surface area contributed by atoms with Crippen LogP contribution in [0.5, 0.6) is 11.6 Å². The van der Waals surface area contributed by atoms with Crippen LogP contribution in [0.4, 0.5) is 0 Å². The number of unbranched alkanes of at least 4 members (excludes halogenated alkanes) is 1. The lowest BCUT2D eigenvalue weighted by atomic mass is 9.98. The molecule has 0 radical (unpaired) electrons. The van der Waals surface area contributed by atoms with Crippen LogP contribution in [0.25, 0.3) is 32.8 Å². The van der Waals surface area contributed by atoms with Crippen LogP contribution in [0, 0.1) is 6.92 Å². The van der Waals surface area contributed by atoms with Gasteiger partial charge in [0.2, 0.25) is 5.88 Å². The van der Waals surface area contributed by atoms with Crippen LogP contribution in [0.15, 0.2) is 103 Å². The fourth-order valence-corrected chi connectivity index (χ4v) is 5.82. The van der Waals surface area contributed by atoms with Crippen LogP contribution in [-0.4, -0.2) is 34.3 Å². The number of H-pyrrole nitrogens is 1. The minimum absolute atomic E-state index is 0.221. The molecular formula is C38H36N2O4. The molecule has 0 amide bonds. The van der Waals surface area contributed by atoms with Crippen LogP contribution >= 0.6 is 0 Å². The first-order chi connectivity index (χ1) is 21.6. The lowest BCUT2D eigenvalue weighted by Crippen LogP contribution is -2.04. The van der Waals surface area contributed by atoms with E-state index in [9.17, 15) is 9.90 Å². The third-order valence-electron chi connectivity index (χ3n) is 8.05. The molecule has 0 aliphatic rings. The van der Waals surface area contributed by atoms with Crippen molar-refractivity contribution in [1.29, 1.82) is 0 Å². The van der Waals surface area contributed by atoms with Gasteiger partial charge in [0.1, 0.15) is 11.4 Å². The number of hydrogen-bond donors (Lipinski definition) is 2. The van der Waals surface area contributed by atoms with Gasteiger partial charge in [0.25, 0.3) is 0 Å². The molecule has 0 aliphatic heterocycles. The molecular weight excluding hydrogens is 548 g/mol. The number of pyridine rings is 1. The van der Waals surface area contributed by atoms with Gasteiger partial charge in [0.05, 0.1) is 18.7 Å². The predicted molar refractivity (Wildman–Crippen MR) is 176 cm³/mol. The zero-order valence-electron chi connectivity index (χ0n) is 24.9. The fraction of sp³-hybridized carbons (Fsp3) is 0.211. The van der Waals surface area contributed by atoms with Crippen molar-refractivity contribution in [3.63, 3.8) is 0 Å². The number of nitrogens with zero attached hydrogens (tertiary/aromatic N) is 1. The molecule has 44 heavy (non-hydrogen) atoms. The predicted octanol–water partition coefficient (Wildman–Crippen LogP) is 8.80. The van der Waals surface area contributed by atoms with Crippen LogP contribution < -0.4 is 9.47 Å². The molecule has 0 spiro atoms. The first kappa shape index (κ1) is 29.0. The van der Waals surface area contributed by atoms with E-state index >= 15 is 0 Å². The van der Waals surface area contributed by atoms with Crippen molar-refractivity contribution in [2.75, 3.05) is 13.2 Å². The van der Waals surface area contributed by atoms with Gasteiger partial charge in [-0.15, -0.1) is 0 Å². The van der Waals surface area contributed by atoms with Gasteiger partial charge in [-0.3, -0.25) is 0 Å². The largest absolute Gasteiger partial charge is 0.493 e. The monoisotopic (exact) mass is 584 g/mol. The first-order valence-electron chi connectivity index (χ1n) is 15.2. The van der Waals surface area contributed by atoms with Gasteiger partial charge in [-0.25, -0.2) is 9.78 Å². The van der Waals surface area contributed by atoms with E-state index in [1.165, 1.54) is 5.56 Å². The number of carbonyl (C=O) groups is 1. The molecule has 2 heterocycles. The van der Waals surface area contributed by atoms with Gasteiger partial charge in [0.15, 0.2) is 0 Å². The van der Waals surface area contributed by atoms with Crippen LogP contribution in [0.1, 0.15) is 46.4 Å². The number of rotatable bonds is 13. The maximum atomic E-state index is 12.3. The van der Waals surface area contributed by atoms with Gasteiger partial charge in [-0.2, -0.15) is 0 Å². The Hall–Kier alpha value is -5.10. The number of aryl methyl sites for hydroxylation is 3. The second-order valence-electron chi connectivity index (χ2n) is 11.1. The zero-order chi connectivity index (χ0) is 30.3. The van der Waals surface area contributed by atoms with Crippen LogP contribution in [0.3, 0.4) is 0 Å². The highest BCUT2D eigenvalue weighted by Crippen LogP contribution is 2.35. The highest BCUT2D eigenvalue weighted by Gasteiger charge is 2.20. The molecule has 4 aromatic carbocycles.